The van der Waals surface area contributed by atoms with E-state index >= 15 is 0 Å². The molecule has 3 rings (SSSR count). The van der Waals surface area contributed by atoms with Gasteiger partial charge in [-0.25, -0.2) is 18.2 Å². The summed E-state index contributed by atoms with van der Waals surface area (Å²) in [6, 6.07) is 15.6. The molecule has 0 amide bonds. The average Bonchev–Trinajstić information content (AvgIpc) is 2.53. The lowest BCUT2D eigenvalue weighted by Crippen LogP contribution is -2.15. The maximum Gasteiger partial charge on any atom is 0.338 e. The molecule has 0 atom stereocenters. The first-order valence-corrected chi connectivity index (χ1v) is 8.95. The first-order valence-electron chi connectivity index (χ1n) is 7.06. The lowest BCUT2D eigenvalue weighted by atomic mass is 10.1. The zero-order valence-electron chi connectivity index (χ0n) is 12.7. The number of carboxylic acids is 1. The fourth-order valence-electron chi connectivity index (χ4n) is 2.52. The fourth-order valence-corrected chi connectivity index (χ4v) is 3.09. The summed E-state index contributed by atoms with van der Waals surface area (Å²) in [6.45, 7) is 0. The van der Waals surface area contributed by atoms with E-state index in [9.17, 15) is 18.3 Å². The van der Waals surface area contributed by atoms with Crippen molar-refractivity contribution in [2.24, 2.45) is 0 Å². The van der Waals surface area contributed by atoms with E-state index in [1.165, 1.54) is 0 Å². The van der Waals surface area contributed by atoms with Crippen molar-refractivity contribution in [3.05, 3.63) is 60.2 Å². The summed E-state index contributed by atoms with van der Waals surface area (Å²) in [5.74, 6) is -1.23. The number of fused-ring (bicyclic) bond motifs is 1. The molecule has 3 aromatic rings. The predicted octanol–water partition coefficient (Wildman–Crippen LogP) is 2.97. The molecule has 0 aliphatic rings. The number of aromatic nitrogens is 1. The Hall–Kier alpha value is -2.93. The number of nitrogens with one attached hydrogen (secondary N) is 1. The van der Waals surface area contributed by atoms with E-state index < -0.39 is 16.0 Å². The molecule has 24 heavy (non-hydrogen) atoms. The van der Waals surface area contributed by atoms with Gasteiger partial charge in [0.2, 0.25) is 10.0 Å². The minimum Gasteiger partial charge on any atom is -0.478 e. The Bertz CT molecular complexity index is 1030. The Morgan fingerprint density at radius 3 is 2.33 bits per heavy atom. The number of hydrogen-bond acceptors (Lipinski definition) is 4. The standard InChI is InChI=1S/C17H14N2O4S/c1-24(22,23)19-16-14(17(20)21)12-9-5-6-10-13(12)18-15(16)11-7-3-2-4-8-11/h2-10,19H,1H3,(H,20,21)/i15+2. The van der Waals surface area contributed by atoms with Gasteiger partial charge in [-0.1, -0.05) is 48.5 Å². The highest BCUT2D eigenvalue weighted by molar-refractivity contribution is 7.92. The van der Waals surface area contributed by atoms with Crippen LogP contribution in [0.3, 0.4) is 0 Å². The maximum absolute atomic E-state index is 11.8. The summed E-state index contributed by atoms with van der Waals surface area (Å²) < 4.78 is 25.8. The van der Waals surface area contributed by atoms with Gasteiger partial charge in [0.25, 0.3) is 0 Å². The lowest BCUT2D eigenvalue weighted by molar-refractivity contribution is 0.0700. The molecule has 0 saturated carbocycles. The number of sulfonamides is 1. The number of para-hydroxylation sites is 1. The number of benzene rings is 2. The van der Waals surface area contributed by atoms with Crippen LogP contribution >= 0.6 is 0 Å². The molecule has 0 radical (unpaired) electrons. The van der Waals surface area contributed by atoms with Crippen LogP contribution in [0.5, 0.6) is 0 Å². The first-order chi connectivity index (χ1) is 11.4. The molecule has 0 saturated heterocycles. The zero-order valence-corrected chi connectivity index (χ0v) is 13.5. The van der Waals surface area contributed by atoms with E-state index in [1.807, 2.05) is 6.07 Å². The van der Waals surface area contributed by atoms with Crippen LogP contribution in [0.25, 0.3) is 22.2 Å². The Kier molecular flexibility index (Phi) is 3.94. The fraction of sp³-hybridized carbons (Fsp3) is 0.0588. The number of aromatic carboxylic acids is 1. The maximum atomic E-state index is 11.8. The van der Waals surface area contributed by atoms with Gasteiger partial charge in [-0.3, -0.25) is 4.72 Å². The van der Waals surface area contributed by atoms with Gasteiger partial charge < -0.3 is 5.11 Å². The van der Waals surface area contributed by atoms with Crippen LogP contribution in [0.15, 0.2) is 54.6 Å². The highest BCUT2D eigenvalue weighted by Crippen LogP contribution is 2.34. The van der Waals surface area contributed by atoms with E-state index in [0.29, 0.717) is 16.5 Å². The quantitative estimate of drug-likeness (QED) is 0.758. The highest BCUT2D eigenvalue weighted by Gasteiger charge is 2.23. The SMILES string of the molecule is CS(=O)(=O)Nc1c(C(=O)O)c2ccccc2n[14c]1-c1ccccc1. The predicted molar refractivity (Wildman–Crippen MR) is 92.6 cm³/mol. The number of carbonyl (C=O) groups is 1. The molecule has 0 fully saturated rings. The van der Waals surface area contributed by atoms with E-state index in [1.54, 1.807) is 48.5 Å². The van der Waals surface area contributed by atoms with Gasteiger partial charge in [0.05, 0.1) is 28.7 Å². The van der Waals surface area contributed by atoms with E-state index in [-0.39, 0.29) is 16.9 Å². The van der Waals surface area contributed by atoms with Gasteiger partial charge in [0.15, 0.2) is 0 Å². The van der Waals surface area contributed by atoms with Crippen molar-refractivity contribution >= 4 is 32.6 Å². The third kappa shape index (κ3) is 3.07. The van der Waals surface area contributed by atoms with E-state index in [0.717, 1.165) is 6.26 Å². The molecule has 0 spiro atoms. The van der Waals surface area contributed by atoms with Gasteiger partial charge in [-0.2, -0.15) is 0 Å². The van der Waals surface area contributed by atoms with Crippen molar-refractivity contribution in [1.82, 2.24) is 4.98 Å². The second-order valence-electron chi connectivity index (χ2n) is 5.27. The summed E-state index contributed by atoms with van der Waals surface area (Å²) in [5, 5.41) is 10.0. The van der Waals surface area contributed by atoms with Crippen molar-refractivity contribution in [2.75, 3.05) is 11.0 Å². The van der Waals surface area contributed by atoms with Crippen LogP contribution in [0.2, 0.25) is 0 Å². The topological polar surface area (TPSA) is 96.4 Å². The Morgan fingerprint density at radius 1 is 1.08 bits per heavy atom. The Balaban J connectivity index is 2.45. The van der Waals surface area contributed by atoms with Gasteiger partial charge in [0.1, 0.15) is 0 Å². The molecule has 0 aliphatic heterocycles. The number of anilines is 1. The molecule has 6 nitrogen and oxygen atoms in total. The summed E-state index contributed by atoms with van der Waals surface area (Å²) in [4.78, 5) is 16.3. The molecule has 0 bridgehead atoms. The monoisotopic (exact) mass is 344 g/mol. The molecule has 0 aliphatic carbocycles. The Morgan fingerprint density at radius 2 is 1.71 bits per heavy atom. The third-order valence-corrected chi connectivity index (χ3v) is 4.02. The number of carboxylic acid groups (broad SMARTS) is 1. The van der Waals surface area contributed by atoms with E-state index in [4.69, 9.17) is 0 Å². The van der Waals surface area contributed by atoms with E-state index in [2.05, 4.69) is 9.71 Å². The minimum absolute atomic E-state index is 0.0325. The van der Waals surface area contributed by atoms with Crippen molar-refractivity contribution in [3.8, 4) is 11.3 Å². The molecule has 122 valence electrons. The van der Waals surface area contributed by atoms with Gasteiger partial charge in [-0.05, 0) is 6.07 Å². The second kappa shape index (κ2) is 5.93. The molecule has 1 aromatic heterocycles. The van der Waals surface area contributed by atoms with Gasteiger partial charge >= 0.3 is 5.97 Å². The van der Waals surface area contributed by atoms with Crippen LogP contribution in [0, 0.1) is 0 Å². The third-order valence-electron chi connectivity index (χ3n) is 3.44. The normalized spacial score (nSPS) is 11.4. The molecule has 2 aromatic carbocycles. The number of pyridine rings is 1. The minimum atomic E-state index is -3.69. The lowest BCUT2D eigenvalue weighted by Gasteiger charge is -2.15. The van der Waals surface area contributed by atoms with Crippen molar-refractivity contribution in [1.29, 1.82) is 0 Å². The van der Waals surface area contributed by atoms with Gasteiger partial charge in [0, 0.05) is 10.9 Å². The summed E-state index contributed by atoms with van der Waals surface area (Å²) in [5.41, 5.74) is 1.22. The second-order valence-corrected chi connectivity index (χ2v) is 7.02. The Labute approximate surface area is 138 Å². The van der Waals surface area contributed by atoms with Crippen molar-refractivity contribution < 1.29 is 18.3 Å². The molecule has 1 heterocycles. The van der Waals surface area contributed by atoms with Crippen LogP contribution in [0.4, 0.5) is 5.69 Å². The van der Waals surface area contributed by atoms with Gasteiger partial charge in [-0.15, -0.1) is 0 Å². The summed E-state index contributed by atoms with van der Waals surface area (Å²) in [6.07, 6.45) is 0.975. The largest absolute Gasteiger partial charge is 0.478 e. The molecular weight excluding hydrogens is 330 g/mol. The summed E-state index contributed by atoms with van der Waals surface area (Å²) in [7, 11) is -3.69. The number of hydrogen-bond donors (Lipinski definition) is 2. The zero-order chi connectivity index (χ0) is 17.3. The molecule has 0 unspecified atom stereocenters. The number of nitrogens with zero attached hydrogens (tertiary/aromatic N) is 1. The summed E-state index contributed by atoms with van der Waals surface area (Å²) >= 11 is 0. The first kappa shape index (κ1) is 15.9. The average molecular weight is 344 g/mol. The van der Waals surface area contributed by atoms with Crippen LogP contribution in [-0.4, -0.2) is 30.7 Å². The van der Waals surface area contributed by atoms with Crippen molar-refractivity contribution in [2.45, 2.75) is 0 Å². The molecular formula is C17H14N2O4S. The molecule has 2 N–H and O–H groups in total. The smallest absolute Gasteiger partial charge is 0.338 e. The number of rotatable bonds is 4. The highest BCUT2D eigenvalue weighted by atomic mass is 32.2. The van der Waals surface area contributed by atoms with Crippen LogP contribution in [0.1, 0.15) is 10.4 Å². The van der Waals surface area contributed by atoms with Crippen LogP contribution < -0.4 is 4.72 Å². The van der Waals surface area contributed by atoms with Crippen LogP contribution in [-0.2, 0) is 10.0 Å². The van der Waals surface area contributed by atoms with Crippen molar-refractivity contribution in [3.63, 3.8) is 0 Å². The molecule has 7 heteroatoms.